The fourth-order valence-electron chi connectivity index (χ4n) is 3.37. The van der Waals surface area contributed by atoms with E-state index in [2.05, 4.69) is 20.5 Å². The van der Waals surface area contributed by atoms with Crippen molar-refractivity contribution in [2.24, 2.45) is 7.05 Å². The van der Waals surface area contributed by atoms with Crippen LogP contribution in [0.3, 0.4) is 0 Å². The largest absolute Gasteiger partial charge is 0.454 e. The van der Waals surface area contributed by atoms with E-state index in [1.54, 1.807) is 6.33 Å². The Morgan fingerprint density at radius 2 is 2.22 bits per heavy atom. The quantitative estimate of drug-likeness (QED) is 0.587. The number of carbonyl (C=O) groups is 1. The zero-order valence-corrected chi connectivity index (χ0v) is 15.3. The standard InChI is InChI=1S/C18H16N6O2S/c1-23-10-20-22-18(23)27-16-6-5-13(26-16)11-8-15(25)19-9-12-17(11)24-7-3-2-4-14(24)21-12/h2-7,10-11H,8-9H2,1H3,(H,19,25)/t11-/m1/s1. The van der Waals surface area contributed by atoms with E-state index in [9.17, 15) is 4.79 Å². The Morgan fingerprint density at radius 1 is 1.30 bits per heavy atom. The Hall–Kier alpha value is -3.07. The Kier molecular flexibility index (Phi) is 3.75. The SMILES string of the molecule is Cn1cnnc1Sc1ccc([C@H]2CC(=O)NCc3nc4ccccn4c32)o1. The van der Waals surface area contributed by atoms with Gasteiger partial charge in [-0.1, -0.05) is 6.07 Å². The number of rotatable bonds is 3. The molecule has 0 aromatic carbocycles. The number of hydrogen-bond donors (Lipinski definition) is 1. The van der Waals surface area contributed by atoms with Gasteiger partial charge in [0.2, 0.25) is 5.91 Å². The van der Waals surface area contributed by atoms with Crippen molar-refractivity contribution in [3.05, 3.63) is 60.0 Å². The van der Waals surface area contributed by atoms with Gasteiger partial charge in [-0.05, 0) is 36.0 Å². The van der Waals surface area contributed by atoms with Crippen LogP contribution >= 0.6 is 11.8 Å². The third-order valence-corrected chi connectivity index (χ3v) is 5.60. The molecular weight excluding hydrogens is 364 g/mol. The molecule has 0 fully saturated rings. The van der Waals surface area contributed by atoms with Crippen molar-refractivity contribution in [2.45, 2.75) is 29.1 Å². The van der Waals surface area contributed by atoms with E-state index in [1.807, 2.05) is 52.5 Å². The lowest BCUT2D eigenvalue weighted by molar-refractivity contribution is -0.121. The Labute approximate surface area is 158 Å². The summed E-state index contributed by atoms with van der Waals surface area (Å²) >= 11 is 1.40. The van der Waals surface area contributed by atoms with Crippen LogP contribution in [0.2, 0.25) is 0 Å². The molecule has 1 amide bonds. The molecule has 5 heterocycles. The molecule has 9 heteroatoms. The third-order valence-electron chi connectivity index (χ3n) is 4.62. The first-order valence-electron chi connectivity index (χ1n) is 8.53. The number of nitrogens with zero attached hydrogens (tertiary/aromatic N) is 5. The third kappa shape index (κ3) is 2.80. The molecule has 1 aliphatic heterocycles. The van der Waals surface area contributed by atoms with Gasteiger partial charge in [-0.25, -0.2) is 4.98 Å². The van der Waals surface area contributed by atoms with Crippen LogP contribution in [0.5, 0.6) is 0 Å². The summed E-state index contributed by atoms with van der Waals surface area (Å²) < 4.78 is 9.96. The normalized spacial score (nSPS) is 16.9. The fourth-order valence-corrected chi connectivity index (χ4v) is 4.10. The molecule has 0 unspecified atom stereocenters. The maximum Gasteiger partial charge on any atom is 0.221 e. The summed E-state index contributed by atoms with van der Waals surface area (Å²) in [6.45, 7) is 0.424. The Balaban J connectivity index is 1.56. The summed E-state index contributed by atoms with van der Waals surface area (Å²) in [6.07, 6.45) is 3.94. The van der Waals surface area contributed by atoms with Crippen LogP contribution in [-0.4, -0.2) is 30.1 Å². The molecule has 136 valence electrons. The van der Waals surface area contributed by atoms with Crippen LogP contribution in [0.1, 0.15) is 29.5 Å². The van der Waals surface area contributed by atoms with Crippen molar-refractivity contribution in [2.75, 3.05) is 0 Å². The molecule has 1 N–H and O–H groups in total. The van der Waals surface area contributed by atoms with Crippen LogP contribution in [0.25, 0.3) is 5.65 Å². The first kappa shape index (κ1) is 16.1. The lowest BCUT2D eigenvalue weighted by Gasteiger charge is -2.12. The number of aromatic nitrogens is 5. The van der Waals surface area contributed by atoms with Crippen molar-refractivity contribution < 1.29 is 9.21 Å². The molecule has 0 radical (unpaired) electrons. The summed E-state index contributed by atoms with van der Waals surface area (Å²) in [7, 11) is 1.88. The van der Waals surface area contributed by atoms with E-state index in [0.717, 1.165) is 28.0 Å². The number of furan rings is 1. The highest BCUT2D eigenvalue weighted by molar-refractivity contribution is 7.99. The van der Waals surface area contributed by atoms with E-state index in [4.69, 9.17) is 4.42 Å². The predicted octanol–water partition coefficient (Wildman–Crippen LogP) is 2.36. The van der Waals surface area contributed by atoms with Crippen molar-refractivity contribution in [1.82, 2.24) is 29.5 Å². The number of carbonyl (C=O) groups excluding carboxylic acids is 1. The van der Waals surface area contributed by atoms with E-state index >= 15 is 0 Å². The smallest absolute Gasteiger partial charge is 0.221 e. The second-order valence-corrected chi connectivity index (χ2v) is 7.36. The van der Waals surface area contributed by atoms with Crippen molar-refractivity contribution in [3.63, 3.8) is 0 Å². The van der Waals surface area contributed by atoms with Crippen molar-refractivity contribution in [1.29, 1.82) is 0 Å². The molecule has 27 heavy (non-hydrogen) atoms. The monoisotopic (exact) mass is 380 g/mol. The molecule has 0 spiro atoms. The van der Waals surface area contributed by atoms with E-state index in [1.165, 1.54) is 11.8 Å². The lowest BCUT2D eigenvalue weighted by Crippen LogP contribution is -2.21. The molecular formula is C18H16N6O2S. The average molecular weight is 380 g/mol. The van der Waals surface area contributed by atoms with Gasteiger partial charge in [0.25, 0.3) is 0 Å². The average Bonchev–Trinajstić information content (AvgIpc) is 3.36. The highest BCUT2D eigenvalue weighted by Gasteiger charge is 2.31. The molecule has 0 saturated carbocycles. The summed E-state index contributed by atoms with van der Waals surface area (Å²) in [6, 6.07) is 9.71. The number of fused-ring (bicyclic) bond motifs is 3. The van der Waals surface area contributed by atoms with Gasteiger partial charge in [0.05, 0.1) is 23.9 Å². The van der Waals surface area contributed by atoms with Crippen molar-refractivity contribution in [3.8, 4) is 0 Å². The minimum atomic E-state index is -0.200. The van der Waals surface area contributed by atoms with Crippen LogP contribution in [0, 0.1) is 0 Å². The van der Waals surface area contributed by atoms with E-state index in [0.29, 0.717) is 18.1 Å². The van der Waals surface area contributed by atoms with E-state index in [-0.39, 0.29) is 11.8 Å². The van der Waals surface area contributed by atoms with Gasteiger partial charge in [-0.2, -0.15) is 0 Å². The molecule has 4 aromatic rings. The van der Waals surface area contributed by atoms with Crippen LogP contribution < -0.4 is 5.32 Å². The molecule has 4 aromatic heterocycles. The number of nitrogens with one attached hydrogen (secondary N) is 1. The maximum absolute atomic E-state index is 12.3. The van der Waals surface area contributed by atoms with Gasteiger partial charge in [0, 0.05) is 19.7 Å². The molecule has 1 atom stereocenters. The summed E-state index contributed by atoms with van der Waals surface area (Å²) in [5.74, 6) is 0.527. The van der Waals surface area contributed by atoms with Gasteiger partial charge in [0.1, 0.15) is 17.7 Å². The van der Waals surface area contributed by atoms with Crippen LogP contribution in [0.4, 0.5) is 0 Å². The van der Waals surface area contributed by atoms with Gasteiger partial charge in [0.15, 0.2) is 10.2 Å². The Morgan fingerprint density at radius 3 is 3.07 bits per heavy atom. The second kappa shape index (κ2) is 6.27. The minimum absolute atomic E-state index is 0.0124. The van der Waals surface area contributed by atoms with Gasteiger partial charge < -0.3 is 18.7 Å². The van der Waals surface area contributed by atoms with E-state index < -0.39 is 0 Å². The highest BCUT2D eigenvalue weighted by atomic mass is 32.2. The first-order valence-corrected chi connectivity index (χ1v) is 9.35. The predicted molar refractivity (Wildman–Crippen MR) is 97.3 cm³/mol. The zero-order chi connectivity index (χ0) is 18.4. The molecule has 1 aliphatic rings. The maximum atomic E-state index is 12.3. The van der Waals surface area contributed by atoms with Gasteiger partial charge in [-0.15, -0.1) is 10.2 Å². The summed E-state index contributed by atoms with van der Waals surface area (Å²) in [5.41, 5.74) is 2.73. The minimum Gasteiger partial charge on any atom is -0.454 e. The van der Waals surface area contributed by atoms with Crippen LogP contribution in [-0.2, 0) is 18.4 Å². The molecule has 0 bridgehead atoms. The first-order chi connectivity index (χ1) is 13.2. The molecule has 0 saturated heterocycles. The number of amides is 1. The van der Waals surface area contributed by atoms with Crippen LogP contribution in [0.15, 0.2) is 57.5 Å². The number of pyridine rings is 1. The number of aryl methyl sites for hydroxylation is 1. The van der Waals surface area contributed by atoms with Gasteiger partial charge in [-0.3, -0.25) is 4.79 Å². The summed E-state index contributed by atoms with van der Waals surface area (Å²) in [4.78, 5) is 16.9. The number of imidazole rings is 1. The molecule has 0 aliphatic carbocycles. The van der Waals surface area contributed by atoms with Crippen molar-refractivity contribution >= 4 is 23.3 Å². The lowest BCUT2D eigenvalue weighted by atomic mass is 9.97. The second-order valence-electron chi connectivity index (χ2n) is 6.39. The topological polar surface area (TPSA) is 90.2 Å². The fraction of sp³-hybridized carbons (Fsp3) is 0.222. The molecule has 5 rings (SSSR count). The van der Waals surface area contributed by atoms with Gasteiger partial charge >= 0.3 is 0 Å². The molecule has 8 nitrogen and oxygen atoms in total. The number of hydrogen-bond acceptors (Lipinski definition) is 6. The zero-order valence-electron chi connectivity index (χ0n) is 14.5. The highest BCUT2D eigenvalue weighted by Crippen LogP contribution is 2.36. The Bertz CT molecular complexity index is 1140. The summed E-state index contributed by atoms with van der Waals surface area (Å²) in [5, 5.41) is 12.3.